The Bertz CT molecular complexity index is 726. The highest BCUT2D eigenvalue weighted by atomic mass is 19.4. The summed E-state index contributed by atoms with van der Waals surface area (Å²) >= 11 is 0. The van der Waals surface area contributed by atoms with Gasteiger partial charge in [-0.05, 0) is 49.2 Å². The van der Waals surface area contributed by atoms with Crippen LogP contribution in [0.25, 0.3) is 0 Å². The van der Waals surface area contributed by atoms with Crippen LogP contribution in [0.15, 0.2) is 36.4 Å². The smallest absolute Gasteiger partial charge is 0.416 e. The number of ether oxygens (including phenoxy) is 1. The lowest BCUT2D eigenvalue weighted by Crippen LogP contribution is -2.06. The molecule has 0 N–H and O–H groups in total. The minimum Gasteiger partial charge on any atom is -0.450 e. The van der Waals surface area contributed by atoms with Crippen molar-refractivity contribution in [3.63, 3.8) is 0 Å². The van der Waals surface area contributed by atoms with Crippen LogP contribution >= 0.6 is 0 Å². The van der Waals surface area contributed by atoms with Gasteiger partial charge in [-0.15, -0.1) is 0 Å². The molecular weight excluding hydrogens is 299 g/mol. The van der Waals surface area contributed by atoms with E-state index in [2.05, 4.69) is 0 Å². The summed E-state index contributed by atoms with van der Waals surface area (Å²) in [6.07, 6.45) is -4.65. The number of halogens is 3. The van der Waals surface area contributed by atoms with Gasteiger partial charge < -0.3 is 4.74 Å². The highest BCUT2D eigenvalue weighted by Crippen LogP contribution is 2.37. The molecule has 2 aromatic carbocycles. The molecule has 0 bridgehead atoms. The van der Waals surface area contributed by atoms with Crippen molar-refractivity contribution in [1.29, 1.82) is 0 Å². The minimum atomic E-state index is -4.65. The van der Waals surface area contributed by atoms with Gasteiger partial charge in [0.1, 0.15) is 5.75 Å². The number of benzene rings is 2. The molecule has 2 aromatic rings. The quantitative estimate of drug-likeness (QED) is 0.590. The zero-order chi connectivity index (χ0) is 16.5. The summed E-state index contributed by atoms with van der Waals surface area (Å²) in [7, 11) is 0. The van der Waals surface area contributed by atoms with Crippen LogP contribution in [0.3, 0.4) is 0 Å². The summed E-state index contributed by atoms with van der Waals surface area (Å²) in [5.74, 6) is 0.0900. The van der Waals surface area contributed by atoms with E-state index in [1.807, 2.05) is 13.8 Å². The molecule has 7 heteroatoms. The molecule has 116 valence electrons. The number of nitro groups is 1. The van der Waals surface area contributed by atoms with Gasteiger partial charge in [0.2, 0.25) is 5.75 Å². The Balaban J connectivity index is 2.42. The lowest BCUT2D eigenvalue weighted by atomic mass is 10.1. The van der Waals surface area contributed by atoms with Crippen molar-refractivity contribution >= 4 is 5.69 Å². The van der Waals surface area contributed by atoms with Crippen LogP contribution in [-0.2, 0) is 6.18 Å². The van der Waals surface area contributed by atoms with Gasteiger partial charge in [0, 0.05) is 6.07 Å². The van der Waals surface area contributed by atoms with Crippen molar-refractivity contribution in [2.75, 3.05) is 0 Å². The Labute approximate surface area is 124 Å². The Morgan fingerprint density at radius 2 is 1.73 bits per heavy atom. The molecule has 22 heavy (non-hydrogen) atoms. The molecule has 2 rings (SSSR count). The minimum absolute atomic E-state index is 0.235. The van der Waals surface area contributed by atoms with Gasteiger partial charge in [-0.25, -0.2) is 0 Å². The Kier molecular flexibility index (Phi) is 4.07. The summed E-state index contributed by atoms with van der Waals surface area (Å²) in [6, 6.07) is 7.21. The number of rotatable bonds is 3. The lowest BCUT2D eigenvalue weighted by Gasteiger charge is -2.11. The maximum atomic E-state index is 12.6. The van der Waals surface area contributed by atoms with Crippen molar-refractivity contribution in [1.82, 2.24) is 0 Å². The summed E-state index contributed by atoms with van der Waals surface area (Å²) < 4.78 is 43.2. The molecule has 0 atom stereocenters. The third-order valence-electron chi connectivity index (χ3n) is 3.19. The van der Waals surface area contributed by atoms with E-state index in [9.17, 15) is 23.3 Å². The monoisotopic (exact) mass is 311 g/mol. The van der Waals surface area contributed by atoms with Crippen molar-refractivity contribution < 1.29 is 22.8 Å². The van der Waals surface area contributed by atoms with Crippen LogP contribution in [0.1, 0.15) is 16.7 Å². The first-order chi connectivity index (χ1) is 10.2. The molecule has 0 saturated heterocycles. The highest BCUT2D eigenvalue weighted by Gasteiger charge is 2.33. The van der Waals surface area contributed by atoms with Crippen LogP contribution in [0, 0.1) is 24.0 Å². The second-order valence-corrected chi connectivity index (χ2v) is 4.79. The van der Waals surface area contributed by atoms with Crippen LogP contribution in [-0.4, -0.2) is 4.92 Å². The van der Waals surface area contributed by atoms with Gasteiger partial charge in [0.05, 0.1) is 10.5 Å². The van der Waals surface area contributed by atoms with Crippen LogP contribution in [0.2, 0.25) is 0 Å². The summed E-state index contributed by atoms with van der Waals surface area (Å²) in [5.41, 5.74) is 0.0982. The molecule has 0 aliphatic carbocycles. The average Bonchev–Trinajstić information content (AvgIpc) is 2.42. The zero-order valence-electron chi connectivity index (χ0n) is 11.8. The number of alkyl halides is 3. The number of nitrogens with zero attached hydrogens (tertiary/aromatic N) is 1. The zero-order valence-corrected chi connectivity index (χ0v) is 11.8. The fourth-order valence-corrected chi connectivity index (χ4v) is 1.83. The van der Waals surface area contributed by atoms with Gasteiger partial charge in [0.25, 0.3) is 0 Å². The third-order valence-corrected chi connectivity index (χ3v) is 3.19. The normalized spacial score (nSPS) is 11.3. The third kappa shape index (κ3) is 3.36. The lowest BCUT2D eigenvalue weighted by molar-refractivity contribution is -0.385. The standard InChI is InChI=1S/C15H12F3NO3/c1-9-3-5-12(7-10(9)2)22-14-6-4-11(15(16,17)18)8-13(14)19(20)21/h3-8H,1-2H3. The molecule has 0 aliphatic heterocycles. The molecule has 0 radical (unpaired) electrons. The van der Waals surface area contributed by atoms with E-state index in [1.165, 1.54) is 0 Å². The van der Waals surface area contributed by atoms with E-state index >= 15 is 0 Å². The van der Waals surface area contributed by atoms with Gasteiger partial charge in [-0.3, -0.25) is 10.1 Å². The summed E-state index contributed by atoms with van der Waals surface area (Å²) in [5, 5.41) is 11.0. The SMILES string of the molecule is Cc1ccc(Oc2ccc(C(F)(F)F)cc2[N+](=O)[O-])cc1C. The number of hydrogen-bond acceptors (Lipinski definition) is 3. The average molecular weight is 311 g/mol. The van der Waals surface area contributed by atoms with Crippen LogP contribution in [0.5, 0.6) is 11.5 Å². The van der Waals surface area contributed by atoms with E-state index in [1.54, 1.807) is 18.2 Å². The molecule has 0 heterocycles. The van der Waals surface area contributed by atoms with E-state index in [0.717, 1.165) is 23.3 Å². The molecule has 4 nitrogen and oxygen atoms in total. The second kappa shape index (κ2) is 5.67. The maximum absolute atomic E-state index is 12.6. The van der Waals surface area contributed by atoms with E-state index in [-0.39, 0.29) is 5.75 Å². The maximum Gasteiger partial charge on any atom is 0.416 e. The van der Waals surface area contributed by atoms with E-state index in [4.69, 9.17) is 4.74 Å². The molecule has 0 spiro atoms. The van der Waals surface area contributed by atoms with Crippen molar-refractivity contribution in [3.8, 4) is 11.5 Å². The largest absolute Gasteiger partial charge is 0.450 e. The number of aryl methyl sites for hydroxylation is 2. The first kappa shape index (κ1) is 15.8. The Morgan fingerprint density at radius 3 is 2.27 bits per heavy atom. The molecule has 0 amide bonds. The van der Waals surface area contributed by atoms with E-state index < -0.39 is 22.4 Å². The molecule has 0 saturated carbocycles. The molecule has 0 fully saturated rings. The van der Waals surface area contributed by atoms with Gasteiger partial charge in [-0.2, -0.15) is 13.2 Å². The highest BCUT2D eigenvalue weighted by molar-refractivity contribution is 5.51. The predicted octanol–water partition coefficient (Wildman–Crippen LogP) is 5.02. The summed E-state index contributed by atoms with van der Waals surface area (Å²) in [4.78, 5) is 10.1. The van der Waals surface area contributed by atoms with Gasteiger partial charge in [-0.1, -0.05) is 6.07 Å². The Morgan fingerprint density at radius 1 is 1.05 bits per heavy atom. The van der Waals surface area contributed by atoms with E-state index in [0.29, 0.717) is 11.8 Å². The molecule has 0 unspecified atom stereocenters. The fraction of sp³-hybridized carbons (Fsp3) is 0.200. The van der Waals surface area contributed by atoms with Crippen LogP contribution in [0.4, 0.5) is 18.9 Å². The molecular formula is C15H12F3NO3. The Hall–Kier alpha value is -2.57. The molecule has 0 aliphatic rings. The predicted molar refractivity (Wildman–Crippen MR) is 74.1 cm³/mol. The van der Waals surface area contributed by atoms with Gasteiger partial charge >= 0.3 is 11.9 Å². The number of hydrogen-bond donors (Lipinski definition) is 0. The molecule has 0 aromatic heterocycles. The topological polar surface area (TPSA) is 52.4 Å². The number of nitro benzene ring substituents is 1. The van der Waals surface area contributed by atoms with Crippen molar-refractivity contribution in [2.45, 2.75) is 20.0 Å². The van der Waals surface area contributed by atoms with Crippen molar-refractivity contribution in [3.05, 3.63) is 63.2 Å². The first-order valence-corrected chi connectivity index (χ1v) is 6.29. The second-order valence-electron chi connectivity index (χ2n) is 4.79. The summed E-state index contributed by atoms with van der Waals surface area (Å²) in [6.45, 7) is 3.73. The van der Waals surface area contributed by atoms with Gasteiger partial charge in [0.15, 0.2) is 0 Å². The fourth-order valence-electron chi connectivity index (χ4n) is 1.83. The first-order valence-electron chi connectivity index (χ1n) is 6.29. The van der Waals surface area contributed by atoms with Crippen LogP contribution < -0.4 is 4.74 Å². The van der Waals surface area contributed by atoms with Crippen molar-refractivity contribution in [2.24, 2.45) is 0 Å².